The van der Waals surface area contributed by atoms with Crippen molar-refractivity contribution in [3.8, 4) is 6.07 Å². The van der Waals surface area contributed by atoms with Gasteiger partial charge in [0, 0.05) is 20.2 Å². The number of halogens is 1. The summed E-state index contributed by atoms with van der Waals surface area (Å²) < 4.78 is 30.9. The van der Waals surface area contributed by atoms with Crippen LogP contribution in [-0.2, 0) is 14.8 Å². The lowest BCUT2D eigenvalue weighted by atomic mass is 10.2. The van der Waals surface area contributed by atoms with Gasteiger partial charge in [0.15, 0.2) is 0 Å². The first-order valence-electron chi connectivity index (χ1n) is 5.77. The van der Waals surface area contributed by atoms with Gasteiger partial charge < -0.3 is 9.84 Å². The molecule has 0 atom stereocenters. The van der Waals surface area contributed by atoms with Crippen LogP contribution in [0.4, 0.5) is 0 Å². The van der Waals surface area contributed by atoms with Gasteiger partial charge in [-0.1, -0.05) is 11.6 Å². The van der Waals surface area contributed by atoms with Gasteiger partial charge in [0.05, 0.1) is 29.9 Å². The lowest BCUT2D eigenvalue weighted by Gasteiger charge is -2.21. The number of benzene rings is 1. The maximum atomic E-state index is 12.5. The van der Waals surface area contributed by atoms with Gasteiger partial charge in [-0.15, -0.1) is 0 Å². The van der Waals surface area contributed by atoms with E-state index in [4.69, 9.17) is 26.7 Å². The van der Waals surface area contributed by atoms with Crippen LogP contribution >= 0.6 is 11.6 Å². The molecule has 0 saturated heterocycles. The third-order valence-electron chi connectivity index (χ3n) is 2.57. The molecule has 0 saturated carbocycles. The Balaban J connectivity index is 3.22. The molecular weight excluding hydrogens is 304 g/mol. The van der Waals surface area contributed by atoms with Crippen molar-refractivity contribution < 1.29 is 18.3 Å². The third kappa shape index (κ3) is 3.91. The fourth-order valence-electron chi connectivity index (χ4n) is 1.57. The number of hydrogen-bond acceptors (Lipinski definition) is 5. The molecule has 0 amide bonds. The first-order chi connectivity index (χ1) is 9.47. The Bertz CT molecular complexity index is 598. The maximum absolute atomic E-state index is 12.5. The second kappa shape index (κ2) is 7.57. The standard InChI is InChI=1S/C12H15ClN2O4S/c1-19-7-5-15(4-6-16)20(17,18)12-8-10(9-14)2-3-11(12)13/h2-3,8,16H,4-7H2,1H3. The highest BCUT2D eigenvalue weighted by Crippen LogP contribution is 2.25. The van der Waals surface area contributed by atoms with Crippen LogP contribution in [0, 0.1) is 11.3 Å². The van der Waals surface area contributed by atoms with Crippen LogP contribution < -0.4 is 0 Å². The molecule has 6 nitrogen and oxygen atoms in total. The molecule has 0 unspecified atom stereocenters. The molecule has 0 bridgehead atoms. The van der Waals surface area contributed by atoms with E-state index in [0.717, 1.165) is 4.31 Å². The summed E-state index contributed by atoms with van der Waals surface area (Å²) in [5, 5.41) is 17.9. The molecule has 110 valence electrons. The van der Waals surface area contributed by atoms with E-state index in [0.29, 0.717) is 0 Å². The van der Waals surface area contributed by atoms with E-state index >= 15 is 0 Å². The number of methoxy groups -OCH3 is 1. The zero-order valence-electron chi connectivity index (χ0n) is 10.9. The number of nitrogens with zero attached hydrogens (tertiary/aromatic N) is 2. The first-order valence-corrected chi connectivity index (χ1v) is 7.58. The molecule has 0 aliphatic heterocycles. The highest BCUT2D eigenvalue weighted by Gasteiger charge is 2.26. The number of rotatable bonds is 7. The Morgan fingerprint density at radius 1 is 1.45 bits per heavy atom. The van der Waals surface area contributed by atoms with Crippen LogP contribution in [0.5, 0.6) is 0 Å². The molecule has 1 N–H and O–H groups in total. The van der Waals surface area contributed by atoms with Crippen LogP contribution in [0.3, 0.4) is 0 Å². The topological polar surface area (TPSA) is 90.6 Å². The molecule has 0 aromatic heterocycles. The van der Waals surface area contributed by atoms with Crippen molar-refractivity contribution in [3.05, 3.63) is 28.8 Å². The number of aliphatic hydroxyl groups is 1. The van der Waals surface area contributed by atoms with E-state index in [1.54, 1.807) is 0 Å². The van der Waals surface area contributed by atoms with Gasteiger partial charge in [-0.25, -0.2) is 8.42 Å². The van der Waals surface area contributed by atoms with Gasteiger partial charge in [0.1, 0.15) is 4.90 Å². The summed E-state index contributed by atoms with van der Waals surface area (Å²) in [6, 6.07) is 5.88. The summed E-state index contributed by atoms with van der Waals surface area (Å²) in [7, 11) is -2.44. The Hall–Kier alpha value is -1.17. The van der Waals surface area contributed by atoms with Gasteiger partial charge >= 0.3 is 0 Å². The third-order valence-corrected chi connectivity index (χ3v) is 4.95. The molecule has 0 aliphatic rings. The van der Waals surface area contributed by atoms with Crippen molar-refractivity contribution in [1.29, 1.82) is 5.26 Å². The van der Waals surface area contributed by atoms with E-state index in [1.165, 1.54) is 25.3 Å². The second-order valence-electron chi connectivity index (χ2n) is 3.88. The SMILES string of the molecule is COCCN(CCO)S(=O)(=O)c1cc(C#N)ccc1Cl. The summed E-state index contributed by atoms with van der Waals surface area (Å²) in [5.74, 6) is 0. The van der Waals surface area contributed by atoms with Crippen molar-refractivity contribution in [2.75, 3.05) is 33.4 Å². The predicted molar refractivity (Wildman–Crippen MR) is 73.9 cm³/mol. The minimum atomic E-state index is -3.89. The average molecular weight is 319 g/mol. The molecular formula is C12H15ClN2O4S. The molecule has 0 spiro atoms. The number of aliphatic hydroxyl groups excluding tert-OH is 1. The summed E-state index contributed by atoms with van der Waals surface area (Å²) in [6.45, 7) is -0.112. The summed E-state index contributed by atoms with van der Waals surface area (Å²) in [6.07, 6.45) is 0. The summed E-state index contributed by atoms with van der Waals surface area (Å²) >= 11 is 5.91. The van der Waals surface area contributed by atoms with Crippen molar-refractivity contribution in [3.63, 3.8) is 0 Å². The monoisotopic (exact) mass is 318 g/mol. The van der Waals surface area contributed by atoms with E-state index in [1.807, 2.05) is 6.07 Å². The zero-order chi connectivity index (χ0) is 15.2. The van der Waals surface area contributed by atoms with Crippen LogP contribution in [-0.4, -0.2) is 51.2 Å². The van der Waals surface area contributed by atoms with Crippen LogP contribution in [0.2, 0.25) is 5.02 Å². The Kier molecular flexibility index (Phi) is 6.39. The molecule has 1 aromatic carbocycles. The van der Waals surface area contributed by atoms with E-state index in [-0.39, 0.29) is 41.8 Å². The number of nitriles is 1. The lowest BCUT2D eigenvalue weighted by Crippen LogP contribution is -2.36. The minimum Gasteiger partial charge on any atom is -0.395 e. The Morgan fingerprint density at radius 2 is 2.15 bits per heavy atom. The normalized spacial score (nSPS) is 11.6. The first kappa shape index (κ1) is 16.9. The molecule has 20 heavy (non-hydrogen) atoms. The van der Waals surface area contributed by atoms with Crippen molar-refractivity contribution in [2.45, 2.75) is 4.90 Å². The van der Waals surface area contributed by atoms with Crippen LogP contribution in [0.25, 0.3) is 0 Å². The molecule has 8 heteroatoms. The van der Waals surface area contributed by atoms with Crippen molar-refractivity contribution in [1.82, 2.24) is 4.31 Å². The van der Waals surface area contributed by atoms with Gasteiger partial charge in [-0.05, 0) is 18.2 Å². The molecule has 0 heterocycles. The largest absolute Gasteiger partial charge is 0.395 e. The molecule has 1 aromatic rings. The number of ether oxygens (including phenoxy) is 1. The quantitative estimate of drug-likeness (QED) is 0.804. The summed E-state index contributed by atoms with van der Waals surface area (Å²) in [4.78, 5) is -0.150. The number of hydrogen-bond donors (Lipinski definition) is 1. The van der Waals surface area contributed by atoms with Gasteiger partial charge in [-0.3, -0.25) is 0 Å². The minimum absolute atomic E-state index is 0.0318. The second-order valence-corrected chi connectivity index (χ2v) is 6.19. The Morgan fingerprint density at radius 3 is 2.70 bits per heavy atom. The van der Waals surface area contributed by atoms with Crippen molar-refractivity contribution >= 4 is 21.6 Å². The fraction of sp³-hybridized carbons (Fsp3) is 0.417. The van der Waals surface area contributed by atoms with Crippen LogP contribution in [0.1, 0.15) is 5.56 Å². The Labute approximate surface area is 123 Å². The van der Waals surface area contributed by atoms with E-state index in [2.05, 4.69) is 0 Å². The van der Waals surface area contributed by atoms with Crippen LogP contribution in [0.15, 0.2) is 23.1 Å². The highest BCUT2D eigenvalue weighted by atomic mass is 35.5. The fourth-order valence-corrected chi connectivity index (χ4v) is 3.48. The van der Waals surface area contributed by atoms with Gasteiger partial charge in [-0.2, -0.15) is 9.57 Å². The highest BCUT2D eigenvalue weighted by molar-refractivity contribution is 7.89. The van der Waals surface area contributed by atoms with Crippen molar-refractivity contribution in [2.24, 2.45) is 0 Å². The maximum Gasteiger partial charge on any atom is 0.244 e. The molecule has 0 aliphatic carbocycles. The smallest absolute Gasteiger partial charge is 0.244 e. The zero-order valence-corrected chi connectivity index (χ0v) is 12.5. The molecule has 0 radical (unpaired) electrons. The number of sulfonamides is 1. The molecule has 1 rings (SSSR count). The predicted octanol–water partition coefficient (Wildman–Crippen LogP) is 0.841. The average Bonchev–Trinajstić information content (AvgIpc) is 2.43. The lowest BCUT2D eigenvalue weighted by molar-refractivity contribution is 0.168. The van der Waals surface area contributed by atoms with Gasteiger partial charge in [0.25, 0.3) is 0 Å². The summed E-state index contributed by atoms with van der Waals surface area (Å²) in [5.41, 5.74) is 0.198. The van der Waals surface area contributed by atoms with E-state index < -0.39 is 10.0 Å². The van der Waals surface area contributed by atoms with E-state index in [9.17, 15) is 8.42 Å². The van der Waals surface area contributed by atoms with Gasteiger partial charge in [0.2, 0.25) is 10.0 Å². The molecule has 0 fully saturated rings.